The lowest BCUT2D eigenvalue weighted by Gasteiger charge is -2.45. The Morgan fingerprint density at radius 1 is 1.69 bits per heavy atom. The molecule has 1 aliphatic rings. The zero-order chi connectivity index (χ0) is 11.8. The largest absolute Gasteiger partial charge is 0.495 e. The van der Waals surface area contributed by atoms with Crippen molar-refractivity contribution in [1.82, 2.24) is 4.90 Å². The molecule has 0 spiro atoms. The van der Waals surface area contributed by atoms with Gasteiger partial charge in [-0.3, -0.25) is 4.79 Å². The molecule has 2 heterocycles. The minimum atomic E-state index is -0.680. The van der Waals surface area contributed by atoms with E-state index in [1.807, 2.05) is 12.3 Å². The van der Waals surface area contributed by atoms with Gasteiger partial charge in [-0.1, -0.05) is 6.92 Å². The van der Waals surface area contributed by atoms with Crippen LogP contribution in [-0.2, 0) is 0 Å². The molecule has 1 aromatic rings. The van der Waals surface area contributed by atoms with Crippen LogP contribution >= 0.6 is 11.3 Å². The molecule has 1 fully saturated rings. The summed E-state index contributed by atoms with van der Waals surface area (Å²) in [6.45, 7) is 2.76. The van der Waals surface area contributed by atoms with Crippen LogP contribution in [0.3, 0.4) is 0 Å². The number of carbonyl (C=O) groups is 1. The highest BCUT2D eigenvalue weighted by Crippen LogP contribution is 2.31. The van der Waals surface area contributed by atoms with Crippen LogP contribution in [0.4, 0.5) is 0 Å². The Hall–Kier alpha value is -1.07. The number of aliphatic hydroxyl groups is 1. The lowest BCUT2D eigenvalue weighted by atomic mass is 9.91. The van der Waals surface area contributed by atoms with E-state index in [2.05, 4.69) is 0 Å². The number of ether oxygens (including phenoxy) is 1. The first-order valence-corrected chi connectivity index (χ1v) is 6.11. The van der Waals surface area contributed by atoms with Crippen LogP contribution in [-0.4, -0.2) is 41.7 Å². The number of likely N-dealkylation sites (tertiary alicyclic amines) is 1. The summed E-state index contributed by atoms with van der Waals surface area (Å²) in [6, 6.07) is 1.78. The van der Waals surface area contributed by atoms with Gasteiger partial charge < -0.3 is 14.7 Å². The third-order valence-electron chi connectivity index (χ3n) is 2.96. The molecule has 16 heavy (non-hydrogen) atoms. The second-order valence-corrected chi connectivity index (χ2v) is 4.97. The van der Waals surface area contributed by atoms with E-state index in [4.69, 9.17) is 4.74 Å². The second kappa shape index (κ2) is 4.07. The number of hydrogen-bond donors (Lipinski definition) is 1. The average molecular weight is 241 g/mol. The third kappa shape index (κ3) is 1.81. The van der Waals surface area contributed by atoms with Gasteiger partial charge in [0.15, 0.2) is 0 Å². The molecule has 0 unspecified atom stereocenters. The van der Waals surface area contributed by atoms with Crippen LogP contribution < -0.4 is 4.74 Å². The minimum Gasteiger partial charge on any atom is -0.495 e. The Morgan fingerprint density at radius 2 is 2.38 bits per heavy atom. The molecule has 1 aromatic heterocycles. The number of β-amino-alcohol motifs (C(OH)–C–C–N with tert-alkyl or cyclic N) is 1. The molecular weight excluding hydrogens is 226 g/mol. The van der Waals surface area contributed by atoms with Crippen molar-refractivity contribution in [1.29, 1.82) is 0 Å². The minimum absolute atomic E-state index is 0.0509. The van der Waals surface area contributed by atoms with E-state index in [-0.39, 0.29) is 5.91 Å². The van der Waals surface area contributed by atoms with E-state index < -0.39 is 5.60 Å². The van der Waals surface area contributed by atoms with Gasteiger partial charge in [-0.25, -0.2) is 0 Å². The van der Waals surface area contributed by atoms with Crippen molar-refractivity contribution in [2.75, 3.05) is 20.2 Å². The zero-order valence-electron chi connectivity index (χ0n) is 9.40. The smallest absolute Gasteiger partial charge is 0.267 e. The summed E-state index contributed by atoms with van der Waals surface area (Å²) in [5.74, 6) is 0.562. The molecule has 0 aromatic carbocycles. The maximum atomic E-state index is 12.0. The first-order chi connectivity index (χ1) is 7.59. The molecule has 0 saturated carbocycles. The Morgan fingerprint density at radius 3 is 2.94 bits per heavy atom. The molecule has 0 radical (unpaired) electrons. The highest BCUT2D eigenvalue weighted by atomic mass is 32.1. The molecule has 0 bridgehead atoms. The van der Waals surface area contributed by atoms with Gasteiger partial charge in [-0.05, 0) is 17.9 Å². The van der Waals surface area contributed by atoms with Crippen molar-refractivity contribution >= 4 is 17.2 Å². The molecule has 4 nitrogen and oxygen atoms in total. The van der Waals surface area contributed by atoms with Crippen LogP contribution in [0.1, 0.15) is 23.0 Å². The predicted octanol–water partition coefficient (Wildman–Crippen LogP) is 1.35. The molecular formula is C11H15NO3S. The third-order valence-corrected chi connectivity index (χ3v) is 3.84. The van der Waals surface area contributed by atoms with Gasteiger partial charge in [0.1, 0.15) is 10.6 Å². The molecule has 5 heteroatoms. The first-order valence-electron chi connectivity index (χ1n) is 5.23. The van der Waals surface area contributed by atoms with Gasteiger partial charge >= 0.3 is 0 Å². The van der Waals surface area contributed by atoms with Crippen molar-refractivity contribution in [3.63, 3.8) is 0 Å². The topological polar surface area (TPSA) is 49.8 Å². The Balaban J connectivity index is 2.05. The van der Waals surface area contributed by atoms with Gasteiger partial charge in [-0.15, -0.1) is 11.3 Å². The lowest BCUT2D eigenvalue weighted by Crippen LogP contribution is -2.63. The monoisotopic (exact) mass is 241 g/mol. The average Bonchev–Trinajstić information content (AvgIpc) is 2.71. The van der Waals surface area contributed by atoms with Crippen molar-refractivity contribution in [2.45, 2.75) is 18.9 Å². The van der Waals surface area contributed by atoms with Crippen LogP contribution in [0.5, 0.6) is 5.75 Å². The summed E-state index contributed by atoms with van der Waals surface area (Å²) >= 11 is 1.37. The van der Waals surface area contributed by atoms with E-state index in [0.29, 0.717) is 30.1 Å². The Kier molecular flexibility index (Phi) is 2.90. The van der Waals surface area contributed by atoms with E-state index in [1.165, 1.54) is 11.3 Å². The summed E-state index contributed by atoms with van der Waals surface area (Å²) < 4.78 is 5.10. The molecule has 88 valence electrons. The van der Waals surface area contributed by atoms with E-state index in [9.17, 15) is 9.90 Å². The summed E-state index contributed by atoms with van der Waals surface area (Å²) in [5, 5.41) is 11.7. The number of rotatable bonds is 3. The molecule has 0 atom stereocenters. The van der Waals surface area contributed by atoms with Crippen molar-refractivity contribution < 1.29 is 14.6 Å². The zero-order valence-corrected chi connectivity index (χ0v) is 10.2. The van der Waals surface area contributed by atoms with Gasteiger partial charge in [0.2, 0.25) is 0 Å². The SMILES string of the molecule is CCC1(O)CN(C(=O)c2sccc2OC)C1. The molecule has 0 aliphatic carbocycles. The van der Waals surface area contributed by atoms with Crippen molar-refractivity contribution in [3.8, 4) is 5.75 Å². The van der Waals surface area contributed by atoms with Gasteiger partial charge in [0.25, 0.3) is 5.91 Å². The number of thiophene rings is 1. The highest BCUT2D eigenvalue weighted by molar-refractivity contribution is 7.12. The summed E-state index contributed by atoms with van der Waals surface area (Å²) in [6.07, 6.45) is 0.679. The first kappa shape index (κ1) is 11.4. The number of amides is 1. The van der Waals surface area contributed by atoms with Crippen molar-refractivity contribution in [3.05, 3.63) is 16.3 Å². The molecule has 1 saturated heterocycles. The maximum Gasteiger partial charge on any atom is 0.267 e. The van der Waals surface area contributed by atoms with E-state index in [1.54, 1.807) is 18.1 Å². The highest BCUT2D eigenvalue weighted by Gasteiger charge is 2.42. The van der Waals surface area contributed by atoms with Crippen LogP contribution in [0.15, 0.2) is 11.4 Å². The molecule has 2 rings (SSSR count). The summed E-state index contributed by atoms with van der Waals surface area (Å²) in [7, 11) is 1.55. The Labute approximate surface area is 98.4 Å². The predicted molar refractivity (Wildman–Crippen MR) is 62.0 cm³/mol. The molecule has 1 aliphatic heterocycles. The number of nitrogens with zero attached hydrogens (tertiary/aromatic N) is 1. The molecule has 1 N–H and O–H groups in total. The van der Waals surface area contributed by atoms with Gasteiger partial charge in [-0.2, -0.15) is 0 Å². The quantitative estimate of drug-likeness (QED) is 0.869. The summed E-state index contributed by atoms with van der Waals surface area (Å²) in [5.41, 5.74) is -0.680. The van der Waals surface area contributed by atoms with Crippen LogP contribution in [0.2, 0.25) is 0 Å². The Bertz CT molecular complexity index is 396. The van der Waals surface area contributed by atoms with E-state index >= 15 is 0 Å². The van der Waals surface area contributed by atoms with E-state index in [0.717, 1.165) is 0 Å². The number of methoxy groups -OCH3 is 1. The number of hydrogen-bond acceptors (Lipinski definition) is 4. The summed E-state index contributed by atoms with van der Waals surface area (Å²) in [4.78, 5) is 14.3. The fourth-order valence-corrected chi connectivity index (χ4v) is 2.61. The van der Waals surface area contributed by atoms with Crippen molar-refractivity contribution in [2.24, 2.45) is 0 Å². The fraction of sp³-hybridized carbons (Fsp3) is 0.545. The second-order valence-electron chi connectivity index (χ2n) is 4.06. The fourth-order valence-electron chi connectivity index (χ4n) is 1.79. The van der Waals surface area contributed by atoms with Crippen LogP contribution in [0, 0.1) is 0 Å². The standard InChI is InChI=1S/C11H15NO3S/c1-3-11(14)6-12(7-11)10(13)9-8(15-2)4-5-16-9/h4-5,14H,3,6-7H2,1-2H3. The normalized spacial score (nSPS) is 18.1. The van der Waals surface area contributed by atoms with Crippen LogP contribution in [0.25, 0.3) is 0 Å². The molecule has 1 amide bonds. The maximum absolute atomic E-state index is 12.0. The van der Waals surface area contributed by atoms with Gasteiger partial charge in [0, 0.05) is 0 Å². The van der Waals surface area contributed by atoms with Gasteiger partial charge in [0.05, 0.1) is 25.8 Å². The lowest BCUT2D eigenvalue weighted by molar-refractivity contribution is -0.0825. The number of carbonyl (C=O) groups excluding carboxylic acids is 1.